The molecule has 6 nitrogen and oxygen atoms in total. The van der Waals surface area contributed by atoms with Crippen LogP contribution in [0, 0.1) is 23.7 Å². The number of rotatable bonds is 6. The highest BCUT2D eigenvalue weighted by Gasteiger charge is 2.17. The number of hydrogen-bond acceptors (Lipinski definition) is 6. The fourth-order valence-corrected chi connectivity index (χ4v) is 3.78. The van der Waals surface area contributed by atoms with E-state index in [4.69, 9.17) is 32.7 Å². The molecule has 5 rings (SSSR count). The van der Waals surface area contributed by atoms with E-state index in [-0.39, 0.29) is 0 Å². The van der Waals surface area contributed by atoms with Gasteiger partial charge in [0, 0.05) is 35.3 Å². The molecule has 0 radical (unpaired) electrons. The third kappa shape index (κ3) is 6.49. The van der Waals surface area contributed by atoms with Gasteiger partial charge >= 0.3 is 0 Å². The first-order chi connectivity index (χ1) is 17.6. The average Bonchev–Trinajstić information content (AvgIpc) is 2.83. The summed E-state index contributed by atoms with van der Waals surface area (Å²) in [6, 6.07) is 12.1. The summed E-state index contributed by atoms with van der Waals surface area (Å²) in [6.45, 7) is 3.30. The first kappa shape index (κ1) is 24.4. The summed E-state index contributed by atoms with van der Waals surface area (Å²) in [5.74, 6) is 13.7. The molecule has 0 amide bonds. The molecule has 3 aromatic rings. The van der Waals surface area contributed by atoms with Crippen LogP contribution < -0.4 is 20.1 Å². The minimum absolute atomic E-state index is 0.347. The molecule has 2 N–H and O–H groups in total. The third-order valence-electron chi connectivity index (χ3n) is 5.95. The van der Waals surface area contributed by atoms with Crippen LogP contribution in [0.4, 0.5) is 0 Å². The lowest BCUT2D eigenvalue weighted by Gasteiger charge is -2.27. The predicted molar refractivity (Wildman–Crippen MR) is 141 cm³/mol. The van der Waals surface area contributed by atoms with Gasteiger partial charge in [0.2, 0.25) is 0 Å². The Labute approximate surface area is 220 Å². The Balaban J connectivity index is 1.23. The van der Waals surface area contributed by atoms with Crippen LogP contribution in [0.3, 0.4) is 0 Å². The highest BCUT2D eigenvalue weighted by molar-refractivity contribution is 6.30. The molecule has 36 heavy (non-hydrogen) atoms. The van der Waals surface area contributed by atoms with Crippen molar-refractivity contribution in [1.82, 2.24) is 20.6 Å². The molecule has 0 spiro atoms. The minimum Gasteiger partial charge on any atom is -0.490 e. The lowest BCUT2D eigenvalue weighted by Crippen LogP contribution is -2.46. The maximum Gasteiger partial charge on any atom is 0.144 e. The van der Waals surface area contributed by atoms with Gasteiger partial charge in [0.1, 0.15) is 35.0 Å². The molecule has 2 atom stereocenters. The average molecular weight is 519 g/mol. The Morgan fingerprint density at radius 1 is 0.722 bits per heavy atom. The molecule has 2 saturated heterocycles. The van der Waals surface area contributed by atoms with Crippen molar-refractivity contribution in [2.75, 3.05) is 26.3 Å². The molecule has 0 bridgehead atoms. The van der Waals surface area contributed by atoms with Crippen molar-refractivity contribution in [2.24, 2.45) is 0 Å². The molecule has 182 valence electrons. The summed E-state index contributed by atoms with van der Waals surface area (Å²) in [5, 5.41) is 7.30. The van der Waals surface area contributed by atoms with Crippen molar-refractivity contribution in [2.45, 2.75) is 24.9 Å². The molecule has 2 aromatic heterocycles. The van der Waals surface area contributed by atoms with E-state index in [9.17, 15) is 0 Å². The zero-order valence-corrected chi connectivity index (χ0v) is 21.0. The number of pyridine rings is 2. The lowest BCUT2D eigenvalue weighted by molar-refractivity contribution is 0.217. The number of aromatic nitrogens is 2. The molecular weight excluding hydrogens is 495 g/mol. The van der Waals surface area contributed by atoms with E-state index in [2.05, 4.69) is 44.3 Å². The van der Waals surface area contributed by atoms with Gasteiger partial charge in [0.15, 0.2) is 0 Å². The fourth-order valence-electron chi connectivity index (χ4n) is 3.48. The Kier molecular flexibility index (Phi) is 7.91. The van der Waals surface area contributed by atoms with Crippen molar-refractivity contribution in [1.29, 1.82) is 0 Å². The number of nitrogens with one attached hydrogen (secondary N) is 2. The van der Waals surface area contributed by atoms with E-state index in [0.717, 1.165) is 37.1 Å². The van der Waals surface area contributed by atoms with Crippen LogP contribution in [0.1, 0.15) is 35.1 Å². The van der Waals surface area contributed by atoms with Crippen molar-refractivity contribution >= 4 is 23.2 Å². The monoisotopic (exact) mass is 518 g/mol. The second-order valence-electron chi connectivity index (χ2n) is 8.60. The maximum atomic E-state index is 6.23. The molecule has 1 aromatic carbocycles. The quantitative estimate of drug-likeness (QED) is 0.378. The van der Waals surface area contributed by atoms with E-state index in [1.54, 1.807) is 12.4 Å². The van der Waals surface area contributed by atoms with Gasteiger partial charge in [0.25, 0.3) is 0 Å². The van der Waals surface area contributed by atoms with Crippen LogP contribution in [0.25, 0.3) is 0 Å². The number of nitrogens with zero attached hydrogens (tertiary/aromatic N) is 2. The van der Waals surface area contributed by atoms with E-state index in [1.807, 2.05) is 36.4 Å². The minimum atomic E-state index is 0.347. The van der Waals surface area contributed by atoms with Crippen LogP contribution in [0.15, 0.2) is 48.8 Å². The van der Waals surface area contributed by atoms with Gasteiger partial charge in [-0.2, -0.15) is 0 Å². The smallest absolute Gasteiger partial charge is 0.144 e. The maximum absolute atomic E-state index is 6.23. The first-order valence-electron chi connectivity index (χ1n) is 11.8. The van der Waals surface area contributed by atoms with E-state index < -0.39 is 0 Å². The van der Waals surface area contributed by atoms with Crippen LogP contribution in [-0.2, 0) is 0 Å². The fraction of sp³-hybridized carbons (Fsp3) is 0.286. The highest BCUT2D eigenvalue weighted by atomic mass is 35.5. The van der Waals surface area contributed by atoms with E-state index in [1.165, 1.54) is 0 Å². The summed E-state index contributed by atoms with van der Waals surface area (Å²) >= 11 is 12.5. The van der Waals surface area contributed by atoms with Gasteiger partial charge < -0.3 is 20.1 Å². The molecule has 1 unspecified atom stereocenters. The molecule has 0 aliphatic carbocycles. The molecule has 2 aliphatic heterocycles. The van der Waals surface area contributed by atoms with Gasteiger partial charge in [-0.3, -0.25) is 0 Å². The molecular formula is C28H24Cl2N4O2. The second kappa shape index (κ2) is 11.6. The summed E-state index contributed by atoms with van der Waals surface area (Å²) < 4.78 is 11.6. The summed E-state index contributed by atoms with van der Waals surface area (Å²) in [7, 11) is 0. The van der Waals surface area contributed by atoms with Crippen molar-refractivity contribution in [3.63, 3.8) is 0 Å². The van der Waals surface area contributed by atoms with Crippen LogP contribution in [0.5, 0.6) is 11.5 Å². The Morgan fingerprint density at radius 3 is 1.50 bits per heavy atom. The van der Waals surface area contributed by atoms with Crippen LogP contribution in [0.2, 0.25) is 10.3 Å². The standard InChI is InChI=1S/C28H24Cl2N4O2/c29-27-21(13-25(15-33-27)35-17-23-9-11-31-23)7-5-19-1-2-20(4-3-19)6-8-22-14-26(16-34-28(22)30)36-18-24-10-12-32-24/h1-4,13-16,23-24,31-32H,9-12,17-18H2/t23-,24?/m0/s1. The molecule has 4 heterocycles. The van der Waals surface area contributed by atoms with E-state index >= 15 is 0 Å². The number of hydrogen-bond donors (Lipinski definition) is 2. The Hall–Kier alpha value is -3.26. The van der Waals surface area contributed by atoms with Gasteiger partial charge in [-0.1, -0.05) is 46.9 Å². The Morgan fingerprint density at radius 2 is 1.14 bits per heavy atom. The zero-order chi connectivity index (χ0) is 24.7. The van der Waals surface area contributed by atoms with Gasteiger partial charge in [0.05, 0.1) is 23.5 Å². The zero-order valence-electron chi connectivity index (χ0n) is 19.5. The second-order valence-corrected chi connectivity index (χ2v) is 9.31. The van der Waals surface area contributed by atoms with Gasteiger partial charge in [-0.05, 0) is 50.2 Å². The first-order valence-corrected chi connectivity index (χ1v) is 12.6. The van der Waals surface area contributed by atoms with Crippen molar-refractivity contribution in [3.8, 4) is 35.2 Å². The van der Waals surface area contributed by atoms with E-state index in [0.29, 0.717) is 58.2 Å². The predicted octanol–water partition coefficient (Wildman–Crippen LogP) is 4.06. The molecule has 8 heteroatoms. The van der Waals surface area contributed by atoms with Crippen molar-refractivity contribution < 1.29 is 9.47 Å². The van der Waals surface area contributed by atoms with Crippen molar-refractivity contribution in [3.05, 3.63) is 81.4 Å². The number of halogens is 2. The molecule has 0 saturated carbocycles. The van der Waals surface area contributed by atoms with Gasteiger partial charge in [-0.25, -0.2) is 9.97 Å². The van der Waals surface area contributed by atoms with Gasteiger partial charge in [-0.15, -0.1) is 0 Å². The topological polar surface area (TPSA) is 68.3 Å². The largest absolute Gasteiger partial charge is 0.490 e. The Bertz CT molecular complexity index is 1240. The molecule has 2 aliphatic rings. The number of benzene rings is 1. The summed E-state index contributed by atoms with van der Waals surface area (Å²) in [4.78, 5) is 8.38. The van der Waals surface area contributed by atoms with Crippen LogP contribution in [-0.4, -0.2) is 48.4 Å². The normalized spacial score (nSPS) is 17.9. The third-order valence-corrected chi connectivity index (χ3v) is 6.55. The lowest BCUT2D eigenvalue weighted by atomic mass is 10.1. The van der Waals surface area contributed by atoms with Crippen LogP contribution >= 0.6 is 23.2 Å². The number of ether oxygens (including phenoxy) is 2. The SMILES string of the molecule is Clc1ncc(OCC2CCN2)cc1C#Cc1ccc(C#Cc2cc(OC[C@@H]3CCN3)cnc2Cl)cc1. The molecule has 2 fully saturated rings. The summed E-state index contributed by atoms with van der Waals surface area (Å²) in [6.07, 6.45) is 5.48. The highest BCUT2D eigenvalue weighted by Crippen LogP contribution is 2.20. The summed E-state index contributed by atoms with van der Waals surface area (Å²) in [5.41, 5.74) is 2.91.